The van der Waals surface area contributed by atoms with Crippen LogP contribution >= 0.6 is 11.6 Å². The lowest BCUT2D eigenvalue weighted by atomic mass is 10.1. The van der Waals surface area contributed by atoms with Crippen molar-refractivity contribution >= 4 is 39.2 Å². The zero-order valence-corrected chi connectivity index (χ0v) is 16.1. The van der Waals surface area contributed by atoms with Crippen molar-refractivity contribution in [2.75, 3.05) is 26.0 Å². The van der Waals surface area contributed by atoms with Crippen LogP contribution in [0.5, 0.6) is 0 Å². The van der Waals surface area contributed by atoms with Crippen molar-refractivity contribution in [1.29, 1.82) is 0 Å². The normalized spacial score (nSPS) is 11.1. The van der Waals surface area contributed by atoms with Crippen LogP contribution in [-0.2, 0) is 26.1 Å². The van der Waals surface area contributed by atoms with Gasteiger partial charge in [-0.1, -0.05) is 11.6 Å². The second-order valence-corrected chi connectivity index (χ2v) is 7.61. The number of benzene rings is 1. The number of esters is 1. The second kappa shape index (κ2) is 8.42. The fourth-order valence-electron chi connectivity index (χ4n) is 2.02. The summed E-state index contributed by atoms with van der Waals surface area (Å²) in [6.45, 7) is -0.300. The molecular weight excluding hydrogens is 398 g/mol. The number of anilines is 1. The molecule has 1 aromatic carbocycles. The van der Waals surface area contributed by atoms with Crippen molar-refractivity contribution in [2.24, 2.45) is 5.14 Å². The molecule has 1 heterocycles. The van der Waals surface area contributed by atoms with Crippen LogP contribution < -0.4 is 10.5 Å². The van der Waals surface area contributed by atoms with Crippen molar-refractivity contribution in [3.05, 3.63) is 46.9 Å². The van der Waals surface area contributed by atoms with E-state index in [2.05, 4.69) is 5.32 Å². The maximum atomic E-state index is 12.4. The third-order valence-corrected chi connectivity index (χ3v) is 4.83. The summed E-state index contributed by atoms with van der Waals surface area (Å²) in [4.78, 5) is 24.8. The number of carbonyl (C=O) groups is 2. The highest BCUT2D eigenvalue weighted by molar-refractivity contribution is 7.89. The van der Waals surface area contributed by atoms with E-state index in [0.29, 0.717) is 5.76 Å². The zero-order chi connectivity index (χ0) is 20.2. The standard InChI is InChI=1S/C16H18ClN3O6S/c1-20(2)15(21)9-26-16(22)11-6-14(27(18,23)24)12(17)7-13(11)19-8-10-4-3-5-25-10/h3-7,19H,8-9H2,1-2H3,(H2,18,23,24). The van der Waals surface area contributed by atoms with E-state index in [4.69, 9.17) is 25.9 Å². The van der Waals surface area contributed by atoms with E-state index in [1.165, 1.54) is 31.3 Å². The first kappa shape index (κ1) is 20.7. The number of primary sulfonamides is 1. The van der Waals surface area contributed by atoms with Gasteiger partial charge in [0.2, 0.25) is 10.0 Å². The van der Waals surface area contributed by atoms with Gasteiger partial charge in [0.1, 0.15) is 10.7 Å². The lowest BCUT2D eigenvalue weighted by molar-refractivity contribution is -0.131. The molecular formula is C16H18ClN3O6S. The molecule has 0 spiro atoms. The maximum absolute atomic E-state index is 12.4. The van der Waals surface area contributed by atoms with E-state index in [-0.39, 0.29) is 22.8 Å². The Morgan fingerprint density at radius 2 is 2.04 bits per heavy atom. The van der Waals surface area contributed by atoms with Crippen LogP contribution in [0.1, 0.15) is 16.1 Å². The molecule has 0 aliphatic carbocycles. The Morgan fingerprint density at radius 1 is 1.33 bits per heavy atom. The number of nitrogens with one attached hydrogen (secondary N) is 1. The van der Waals surface area contributed by atoms with Crippen LogP contribution in [0.3, 0.4) is 0 Å². The molecule has 0 saturated carbocycles. The summed E-state index contributed by atoms with van der Waals surface area (Å²) in [6, 6.07) is 5.65. The lowest BCUT2D eigenvalue weighted by Gasteiger charge is -2.15. The quantitative estimate of drug-likeness (QED) is 0.653. The molecule has 0 fully saturated rings. The Kier molecular flexibility index (Phi) is 6.47. The summed E-state index contributed by atoms with van der Waals surface area (Å²) in [6.07, 6.45) is 1.48. The SMILES string of the molecule is CN(C)C(=O)COC(=O)c1cc(S(N)(=O)=O)c(Cl)cc1NCc1ccco1. The molecule has 0 unspecified atom stereocenters. The second-order valence-electron chi connectivity index (χ2n) is 5.67. The minimum Gasteiger partial charge on any atom is -0.467 e. The lowest BCUT2D eigenvalue weighted by Crippen LogP contribution is -2.27. The Bertz CT molecular complexity index is 941. The van der Waals surface area contributed by atoms with Gasteiger partial charge in [-0.2, -0.15) is 0 Å². The summed E-state index contributed by atoms with van der Waals surface area (Å²) in [5.41, 5.74) is 0.0626. The van der Waals surface area contributed by atoms with Crippen LogP contribution in [0.2, 0.25) is 5.02 Å². The number of carbonyl (C=O) groups excluding carboxylic acids is 2. The third kappa shape index (κ3) is 5.46. The summed E-state index contributed by atoms with van der Waals surface area (Å²) in [5, 5.41) is 7.88. The zero-order valence-electron chi connectivity index (χ0n) is 14.6. The number of sulfonamides is 1. The van der Waals surface area contributed by atoms with Crippen molar-refractivity contribution in [2.45, 2.75) is 11.4 Å². The molecule has 0 saturated heterocycles. The van der Waals surface area contributed by atoms with Gasteiger partial charge in [0.15, 0.2) is 6.61 Å². The highest BCUT2D eigenvalue weighted by Gasteiger charge is 2.22. The molecule has 0 aliphatic rings. The fraction of sp³-hybridized carbons (Fsp3) is 0.250. The Labute approximate surface area is 161 Å². The molecule has 0 radical (unpaired) electrons. The number of hydrogen-bond donors (Lipinski definition) is 2. The molecule has 27 heavy (non-hydrogen) atoms. The highest BCUT2D eigenvalue weighted by Crippen LogP contribution is 2.29. The van der Waals surface area contributed by atoms with Crippen LogP contribution in [0.4, 0.5) is 5.69 Å². The van der Waals surface area contributed by atoms with E-state index in [0.717, 1.165) is 6.07 Å². The molecule has 0 aliphatic heterocycles. The van der Waals surface area contributed by atoms with Crippen molar-refractivity contribution in [3.63, 3.8) is 0 Å². The number of nitrogens with zero attached hydrogens (tertiary/aromatic N) is 1. The predicted octanol–water partition coefficient (Wildman–Crippen LogP) is 1.44. The third-order valence-electron chi connectivity index (χ3n) is 3.46. The first-order valence-electron chi connectivity index (χ1n) is 7.59. The highest BCUT2D eigenvalue weighted by atomic mass is 35.5. The molecule has 9 nitrogen and oxygen atoms in total. The number of amides is 1. The molecule has 2 rings (SSSR count). The number of rotatable bonds is 7. The molecule has 3 N–H and O–H groups in total. The number of likely N-dealkylation sites (N-methyl/N-ethyl adjacent to an activating group) is 1. The summed E-state index contributed by atoms with van der Waals surface area (Å²) >= 11 is 5.98. The number of nitrogens with two attached hydrogens (primary N) is 1. The van der Waals surface area contributed by atoms with Crippen LogP contribution in [-0.4, -0.2) is 45.9 Å². The maximum Gasteiger partial charge on any atom is 0.340 e. The van der Waals surface area contributed by atoms with E-state index >= 15 is 0 Å². The predicted molar refractivity (Wildman–Crippen MR) is 97.8 cm³/mol. The Hall–Kier alpha value is -2.56. The van der Waals surface area contributed by atoms with Gasteiger partial charge in [-0.3, -0.25) is 4.79 Å². The van der Waals surface area contributed by atoms with Crippen LogP contribution in [0.15, 0.2) is 39.8 Å². The van der Waals surface area contributed by atoms with Crippen molar-refractivity contribution in [1.82, 2.24) is 4.90 Å². The monoisotopic (exact) mass is 415 g/mol. The number of furan rings is 1. The molecule has 2 aromatic rings. The van der Waals surface area contributed by atoms with Crippen LogP contribution in [0, 0.1) is 0 Å². The molecule has 0 atom stereocenters. The Balaban J connectivity index is 2.34. The van der Waals surface area contributed by atoms with Gasteiger partial charge in [0, 0.05) is 14.1 Å². The first-order chi connectivity index (χ1) is 12.6. The van der Waals surface area contributed by atoms with Crippen molar-refractivity contribution < 1.29 is 27.2 Å². The van der Waals surface area contributed by atoms with Gasteiger partial charge in [0.05, 0.1) is 29.1 Å². The van der Waals surface area contributed by atoms with Gasteiger partial charge in [-0.25, -0.2) is 18.4 Å². The summed E-state index contributed by atoms with van der Waals surface area (Å²) in [7, 11) is -1.15. The number of hydrogen-bond acceptors (Lipinski definition) is 7. The molecule has 1 amide bonds. The minimum atomic E-state index is -4.17. The average molecular weight is 416 g/mol. The van der Waals surface area contributed by atoms with E-state index < -0.39 is 33.4 Å². The number of halogens is 1. The smallest absolute Gasteiger partial charge is 0.340 e. The Morgan fingerprint density at radius 3 is 2.59 bits per heavy atom. The van der Waals surface area contributed by atoms with E-state index in [1.54, 1.807) is 12.1 Å². The van der Waals surface area contributed by atoms with E-state index in [9.17, 15) is 18.0 Å². The van der Waals surface area contributed by atoms with Gasteiger partial charge in [-0.15, -0.1) is 0 Å². The van der Waals surface area contributed by atoms with Gasteiger partial charge in [-0.05, 0) is 24.3 Å². The fourth-order valence-corrected chi connectivity index (χ4v) is 3.12. The van der Waals surface area contributed by atoms with Gasteiger partial charge in [0.25, 0.3) is 5.91 Å². The molecule has 1 aromatic heterocycles. The van der Waals surface area contributed by atoms with E-state index in [1.807, 2.05) is 0 Å². The molecule has 11 heteroatoms. The van der Waals surface area contributed by atoms with Crippen LogP contribution in [0.25, 0.3) is 0 Å². The molecule has 0 bridgehead atoms. The van der Waals surface area contributed by atoms with Crippen molar-refractivity contribution in [3.8, 4) is 0 Å². The summed E-state index contributed by atoms with van der Waals surface area (Å²) < 4.78 is 33.5. The number of ether oxygens (including phenoxy) is 1. The topological polar surface area (TPSA) is 132 Å². The minimum absolute atomic E-state index is 0.137. The average Bonchev–Trinajstić information content (AvgIpc) is 3.09. The van der Waals surface area contributed by atoms with Gasteiger partial charge < -0.3 is 19.4 Å². The first-order valence-corrected chi connectivity index (χ1v) is 9.52. The van der Waals surface area contributed by atoms with Gasteiger partial charge >= 0.3 is 5.97 Å². The molecule has 146 valence electrons. The summed E-state index contributed by atoms with van der Waals surface area (Å²) in [5.74, 6) is -0.772. The largest absolute Gasteiger partial charge is 0.467 e.